The molecule has 1 atom stereocenters. The monoisotopic (exact) mass is 275 g/mol. The molecule has 0 saturated carbocycles. The highest BCUT2D eigenvalue weighted by Crippen LogP contribution is 2.23. The van der Waals surface area contributed by atoms with Crippen LogP contribution in [0.25, 0.3) is 0 Å². The number of carbonyl (C=O) groups excluding carboxylic acids is 1. The number of aliphatic hydroxyl groups is 1. The van der Waals surface area contributed by atoms with Gasteiger partial charge in [-0.25, -0.2) is 0 Å². The lowest BCUT2D eigenvalue weighted by molar-refractivity contribution is -0.121. The highest BCUT2D eigenvalue weighted by atomic mass is 35.5. The summed E-state index contributed by atoms with van der Waals surface area (Å²) in [6.45, 7) is 1.90. The molecule has 0 aliphatic heterocycles. The topological polar surface area (TPSA) is 49.3 Å². The third-order valence-corrected chi connectivity index (χ3v) is 2.96. The Hall–Kier alpha value is -0.770. The summed E-state index contributed by atoms with van der Waals surface area (Å²) in [6, 6.07) is 5.31. The molecule has 3 nitrogen and oxygen atoms in total. The molecule has 0 spiro atoms. The number of halogens is 2. The van der Waals surface area contributed by atoms with Crippen LogP contribution >= 0.6 is 23.2 Å². The van der Waals surface area contributed by atoms with Crippen LogP contribution in [0.1, 0.15) is 18.9 Å². The van der Waals surface area contributed by atoms with Crippen LogP contribution in [0, 0.1) is 0 Å². The first-order chi connectivity index (χ1) is 7.99. The van der Waals surface area contributed by atoms with E-state index in [0.29, 0.717) is 22.9 Å². The Kier molecular flexibility index (Phi) is 5.75. The molecule has 0 aromatic heterocycles. The van der Waals surface area contributed by atoms with Gasteiger partial charge in [-0.15, -0.1) is 0 Å². The quantitative estimate of drug-likeness (QED) is 0.867. The molecular formula is C12H15Cl2NO2. The molecule has 0 fully saturated rings. The molecule has 2 N–H and O–H groups in total. The Labute approximate surface area is 111 Å². The van der Waals surface area contributed by atoms with Crippen LogP contribution in [0.5, 0.6) is 0 Å². The van der Waals surface area contributed by atoms with E-state index in [1.54, 1.807) is 19.1 Å². The zero-order chi connectivity index (χ0) is 12.8. The zero-order valence-corrected chi connectivity index (χ0v) is 11.1. The van der Waals surface area contributed by atoms with Gasteiger partial charge < -0.3 is 10.4 Å². The normalized spacial score (nSPS) is 12.2. The Morgan fingerprint density at radius 2 is 2.12 bits per heavy atom. The fraction of sp³-hybridized carbons (Fsp3) is 0.417. The molecule has 94 valence electrons. The number of nitrogens with one attached hydrogen (secondary N) is 1. The van der Waals surface area contributed by atoms with Crippen LogP contribution in [-0.4, -0.2) is 23.7 Å². The van der Waals surface area contributed by atoms with E-state index >= 15 is 0 Å². The smallest absolute Gasteiger partial charge is 0.220 e. The lowest BCUT2D eigenvalue weighted by Crippen LogP contribution is -2.30. The van der Waals surface area contributed by atoms with Crippen molar-refractivity contribution in [3.05, 3.63) is 33.8 Å². The lowest BCUT2D eigenvalue weighted by atomic mass is 10.1. The maximum Gasteiger partial charge on any atom is 0.220 e. The van der Waals surface area contributed by atoms with Gasteiger partial charge in [-0.05, 0) is 31.0 Å². The van der Waals surface area contributed by atoms with Crippen molar-refractivity contribution in [3.63, 3.8) is 0 Å². The summed E-state index contributed by atoms with van der Waals surface area (Å²) in [5, 5.41) is 12.6. The first-order valence-corrected chi connectivity index (χ1v) is 6.13. The zero-order valence-electron chi connectivity index (χ0n) is 9.54. The standard InChI is InChI=1S/C12H15Cl2NO2/c1-8(16)7-15-12(17)5-3-9-2-4-10(13)11(14)6-9/h2,4,6,8,16H,3,5,7H2,1H3,(H,15,17). The van der Waals surface area contributed by atoms with Crippen LogP contribution in [0.3, 0.4) is 0 Å². The number of aliphatic hydroxyl groups excluding tert-OH is 1. The van der Waals surface area contributed by atoms with Crippen molar-refractivity contribution in [2.45, 2.75) is 25.9 Å². The minimum atomic E-state index is -0.524. The van der Waals surface area contributed by atoms with Crippen LogP contribution < -0.4 is 5.32 Å². The van der Waals surface area contributed by atoms with Crippen molar-refractivity contribution < 1.29 is 9.90 Å². The van der Waals surface area contributed by atoms with E-state index < -0.39 is 6.10 Å². The van der Waals surface area contributed by atoms with E-state index in [-0.39, 0.29) is 12.5 Å². The summed E-state index contributed by atoms with van der Waals surface area (Å²) in [7, 11) is 0. The molecule has 5 heteroatoms. The Balaban J connectivity index is 2.39. The fourth-order valence-corrected chi connectivity index (χ4v) is 1.62. The summed E-state index contributed by atoms with van der Waals surface area (Å²) in [5.41, 5.74) is 0.964. The maximum absolute atomic E-state index is 11.4. The van der Waals surface area contributed by atoms with Gasteiger partial charge in [0.25, 0.3) is 0 Å². The largest absolute Gasteiger partial charge is 0.392 e. The highest BCUT2D eigenvalue weighted by molar-refractivity contribution is 6.42. The van der Waals surface area contributed by atoms with E-state index in [1.807, 2.05) is 6.07 Å². The molecule has 1 unspecified atom stereocenters. The molecule has 1 aromatic rings. The van der Waals surface area contributed by atoms with E-state index in [4.69, 9.17) is 28.3 Å². The van der Waals surface area contributed by atoms with E-state index in [9.17, 15) is 4.79 Å². The van der Waals surface area contributed by atoms with Crippen molar-refractivity contribution in [2.75, 3.05) is 6.54 Å². The molecule has 1 rings (SSSR count). The minimum Gasteiger partial charge on any atom is -0.392 e. The summed E-state index contributed by atoms with van der Waals surface area (Å²) in [6.07, 6.45) is 0.441. The first kappa shape index (κ1) is 14.3. The SMILES string of the molecule is CC(O)CNC(=O)CCc1ccc(Cl)c(Cl)c1. The third-order valence-electron chi connectivity index (χ3n) is 2.22. The van der Waals surface area contributed by atoms with Crippen molar-refractivity contribution in [2.24, 2.45) is 0 Å². The number of benzene rings is 1. The molecule has 0 aliphatic rings. The lowest BCUT2D eigenvalue weighted by Gasteiger charge is -2.07. The number of aryl methyl sites for hydroxylation is 1. The molecule has 0 heterocycles. The number of carbonyl (C=O) groups is 1. The van der Waals surface area contributed by atoms with Gasteiger partial charge in [0.1, 0.15) is 0 Å². The summed E-state index contributed by atoms with van der Waals surface area (Å²) < 4.78 is 0. The second kappa shape index (κ2) is 6.84. The van der Waals surface area contributed by atoms with Gasteiger partial charge in [-0.2, -0.15) is 0 Å². The van der Waals surface area contributed by atoms with Crippen LogP contribution in [0.15, 0.2) is 18.2 Å². The average Bonchev–Trinajstić information content (AvgIpc) is 2.28. The van der Waals surface area contributed by atoms with Gasteiger partial charge in [0.2, 0.25) is 5.91 Å². The predicted molar refractivity (Wildman–Crippen MR) is 69.5 cm³/mol. The number of hydrogen-bond acceptors (Lipinski definition) is 2. The summed E-state index contributed by atoms with van der Waals surface area (Å²) in [5.74, 6) is -0.0861. The molecule has 1 amide bonds. The molecule has 0 saturated heterocycles. The highest BCUT2D eigenvalue weighted by Gasteiger charge is 2.05. The third kappa shape index (κ3) is 5.39. The van der Waals surface area contributed by atoms with E-state index in [0.717, 1.165) is 5.56 Å². The van der Waals surface area contributed by atoms with Crippen molar-refractivity contribution >= 4 is 29.1 Å². The number of rotatable bonds is 5. The molecule has 17 heavy (non-hydrogen) atoms. The van der Waals surface area contributed by atoms with Gasteiger partial charge in [-0.1, -0.05) is 29.3 Å². The second-order valence-corrected chi connectivity index (χ2v) is 4.72. The van der Waals surface area contributed by atoms with Gasteiger partial charge >= 0.3 is 0 Å². The Bertz CT molecular complexity index is 394. The molecule has 0 bridgehead atoms. The number of hydrogen-bond donors (Lipinski definition) is 2. The molecule has 0 radical (unpaired) electrons. The maximum atomic E-state index is 11.4. The predicted octanol–water partition coefficient (Wildman–Crippen LogP) is 2.42. The van der Waals surface area contributed by atoms with Gasteiger partial charge in [0.15, 0.2) is 0 Å². The van der Waals surface area contributed by atoms with Crippen molar-refractivity contribution in [3.8, 4) is 0 Å². The van der Waals surface area contributed by atoms with Gasteiger partial charge in [0, 0.05) is 13.0 Å². The van der Waals surface area contributed by atoms with Crippen LogP contribution in [0.4, 0.5) is 0 Å². The van der Waals surface area contributed by atoms with E-state index in [2.05, 4.69) is 5.32 Å². The average molecular weight is 276 g/mol. The van der Waals surface area contributed by atoms with Gasteiger partial charge in [-0.3, -0.25) is 4.79 Å². The van der Waals surface area contributed by atoms with Gasteiger partial charge in [0.05, 0.1) is 16.1 Å². The second-order valence-electron chi connectivity index (χ2n) is 3.90. The minimum absolute atomic E-state index is 0.0861. The summed E-state index contributed by atoms with van der Waals surface area (Å²) in [4.78, 5) is 11.4. The Morgan fingerprint density at radius 1 is 1.41 bits per heavy atom. The first-order valence-electron chi connectivity index (χ1n) is 5.37. The number of amides is 1. The van der Waals surface area contributed by atoms with E-state index in [1.165, 1.54) is 0 Å². The van der Waals surface area contributed by atoms with Crippen molar-refractivity contribution in [1.82, 2.24) is 5.32 Å². The van der Waals surface area contributed by atoms with Crippen LogP contribution in [-0.2, 0) is 11.2 Å². The van der Waals surface area contributed by atoms with Crippen LogP contribution in [0.2, 0.25) is 10.0 Å². The fourth-order valence-electron chi connectivity index (χ4n) is 1.30. The molecule has 0 aliphatic carbocycles. The Morgan fingerprint density at radius 3 is 2.71 bits per heavy atom. The summed E-state index contributed by atoms with van der Waals surface area (Å²) >= 11 is 11.7. The van der Waals surface area contributed by atoms with Crippen molar-refractivity contribution in [1.29, 1.82) is 0 Å². The molecule has 1 aromatic carbocycles. The molecular weight excluding hydrogens is 261 g/mol.